The highest BCUT2D eigenvalue weighted by Gasteiger charge is 2.44. The average molecular weight is 324 g/mol. The Hall–Kier alpha value is -1.63. The minimum atomic E-state index is -4.42. The summed E-state index contributed by atoms with van der Waals surface area (Å²) < 4.78 is 38.5. The van der Waals surface area contributed by atoms with Gasteiger partial charge in [-0.25, -0.2) is 0 Å². The fourth-order valence-electron chi connectivity index (χ4n) is 4.25. The number of rotatable bonds is 2. The average Bonchev–Trinajstić information content (AvgIpc) is 2.90. The van der Waals surface area contributed by atoms with Gasteiger partial charge >= 0.3 is 6.18 Å². The van der Waals surface area contributed by atoms with Crippen molar-refractivity contribution in [2.75, 3.05) is 13.1 Å². The zero-order valence-electron chi connectivity index (χ0n) is 12.7. The van der Waals surface area contributed by atoms with Gasteiger partial charge in [-0.3, -0.25) is 10.1 Å². The number of H-pyrrole nitrogens is 1. The first-order chi connectivity index (χ1) is 11.0. The number of piperidine rings is 1. The molecule has 1 saturated carbocycles. The smallest absolute Gasteiger partial charge is 0.317 e. The van der Waals surface area contributed by atoms with Crippen molar-refractivity contribution in [3.05, 3.63) is 23.7 Å². The SMILES string of the molecule is FC(F)(F)c1[nH]nc2cc(CC3CC4(CCNCC4)C3)ncc12. The van der Waals surface area contributed by atoms with Gasteiger partial charge in [-0.2, -0.15) is 18.3 Å². The topological polar surface area (TPSA) is 53.6 Å². The van der Waals surface area contributed by atoms with Crippen LogP contribution in [-0.2, 0) is 12.6 Å². The lowest BCUT2D eigenvalue weighted by atomic mass is 9.57. The van der Waals surface area contributed by atoms with Crippen LogP contribution < -0.4 is 5.32 Å². The molecule has 3 heterocycles. The van der Waals surface area contributed by atoms with Gasteiger partial charge in [0.15, 0.2) is 0 Å². The molecule has 7 heteroatoms. The minimum Gasteiger partial charge on any atom is -0.317 e. The van der Waals surface area contributed by atoms with Gasteiger partial charge in [0.1, 0.15) is 5.69 Å². The number of aromatic nitrogens is 3. The van der Waals surface area contributed by atoms with E-state index in [1.807, 2.05) is 0 Å². The first-order valence-corrected chi connectivity index (χ1v) is 8.06. The molecule has 1 spiro atoms. The van der Waals surface area contributed by atoms with E-state index >= 15 is 0 Å². The fraction of sp³-hybridized carbons (Fsp3) is 0.625. The number of alkyl halides is 3. The third-order valence-corrected chi connectivity index (χ3v) is 5.39. The quantitative estimate of drug-likeness (QED) is 0.891. The molecule has 1 aliphatic heterocycles. The third-order valence-electron chi connectivity index (χ3n) is 5.39. The van der Waals surface area contributed by atoms with Gasteiger partial charge in [-0.15, -0.1) is 0 Å². The van der Waals surface area contributed by atoms with Crippen LogP contribution in [0.5, 0.6) is 0 Å². The molecule has 1 aliphatic carbocycles. The Labute approximate surface area is 131 Å². The van der Waals surface area contributed by atoms with Crippen molar-refractivity contribution in [2.24, 2.45) is 11.3 Å². The van der Waals surface area contributed by atoms with Crippen LogP contribution >= 0.6 is 0 Å². The predicted molar refractivity (Wildman–Crippen MR) is 79.9 cm³/mol. The molecule has 4 nitrogen and oxygen atoms in total. The Bertz CT molecular complexity index is 708. The molecule has 0 bridgehead atoms. The largest absolute Gasteiger partial charge is 0.433 e. The summed E-state index contributed by atoms with van der Waals surface area (Å²) in [6.45, 7) is 2.20. The van der Waals surface area contributed by atoms with Crippen molar-refractivity contribution in [1.82, 2.24) is 20.5 Å². The van der Waals surface area contributed by atoms with E-state index in [1.54, 1.807) is 6.07 Å². The molecular formula is C16H19F3N4. The summed E-state index contributed by atoms with van der Waals surface area (Å²) in [6.07, 6.45) is 2.61. The normalized spacial score (nSPS) is 21.7. The fourth-order valence-corrected chi connectivity index (χ4v) is 4.25. The summed E-state index contributed by atoms with van der Waals surface area (Å²) in [5.41, 5.74) is 0.879. The molecular weight excluding hydrogens is 305 g/mol. The molecule has 4 rings (SSSR count). The molecule has 2 N–H and O–H groups in total. The predicted octanol–water partition coefficient (Wildman–Crippen LogP) is 3.30. The van der Waals surface area contributed by atoms with Crippen molar-refractivity contribution in [3.63, 3.8) is 0 Å². The lowest BCUT2D eigenvalue weighted by molar-refractivity contribution is -0.139. The molecule has 124 valence electrons. The highest BCUT2D eigenvalue weighted by Crippen LogP contribution is 2.52. The van der Waals surface area contributed by atoms with E-state index in [9.17, 15) is 13.2 Å². The van der Waals surface area contributed by atoms with E-state index in [-0.39, 0.29) is 5.39 Å². The van der Waals surface area contributed by atoms with Crippen molar-refractivity contribution in [2.45, 2.75) is 38.3 Å². The second kappa shape index (κ2) is 5.19. The van der Waals surface area contributed by atoms with Gasteiger partial charge in [0.25, 0.3) is 0 Å². The monoisotopic (exact) mass is 324 g/mol. The molecule has 0 amide bonds. The summed E-state index contributed by atoms with van der Waals surface area (Å²) >= 11 is 0. The Kier molecular flexibility index (Phi) is 3.37. The first kappa shape index (κ1) is 14.9. The van der Waals surface area contributed by atoms with Gasteiger partial charge < -0.3 is 5.32 Å². The van der Waals surface area contributed by atoms with Crippen LogP contribution in [0.4, 0.5) is 13.2 Å². The Morgan fingerprint density at radius 2 is 1.96 bits per heavy atom. The van der Waals surface area contributed by atoms with Crippen LogP contribution in [0.15, 0.2) is 12.3 Å². The van der Waals surface area contributed by atoms with Gasteiger partial charge in [0.05, 0.1) is 10.9 Å². The third kappa shape index (κ3) is 2.71. The van der Waals surface area contributed by atoms with Crippen LogP contribution in [0.25, 0.3) is 10.9 Å². The van der Waals surface area contributed by atoms with Crippen molar-refractivity contribution < 1.29 is 13.2 Å². The minimum absolute atomic E-state index is 0.0460. The van der Waals surface area contributed by atoms with E-state index in [0.717, 1.165) is 25.2 Å². The Balaban J connectivity index is 1.46. The summed E-state index contributed by atoms with van der Waals surface area (Å²) in [5.74, 6) is 0.596. The highest BCUT2D eigenvalue weighted by atomic mass is 19.4. The van der Waals surface area contributed by atoms with E-state index < -0.39 is 11.9 Å². The van der Waals surface area contributed by atoms with E-state index in [1.165, 1.54) is 31.9 Å². The standard InChI is InChI=1S/C16H19F3N4/c17-16(18,19)14-12-9-21-11(6-13(12)22-23-14)5-10-7-15(8-10)1-3-20-4-2-15/h6,9-10,20H,1-5,7-8H2,(H,22,23). The number of hydrogen-bond donors (Lipinski definition) is 2. The van der Waals surface area contributed by atoms with Gasteiger partial charge in [-0.1, -0.05) is 0 Å². The number of hydrogen-bond acceptors (Lipinski definition) is 3. The van der Waals surface area contributed by atoms with Crippen molar-refractivity contribution in [3.8, 4) is 0 Å². The molecule has 2 aromatic rings. The number of fused-ring (bicyclic) bond motifs is 1. The summed E-state index contributed by atoms with van der Waals surface area (Å²) in [7, 11) is 0. The maximum absolute atomic E-state index is 12.8. The first-order valence-electron chi connectivity index (χ1n) is 8.06. The zero-order valence-corrected chi connectivity index (χ0v) is 12.7. The lowest BCUT2D eigenvalue weighted by Crippen LogP contribution is -2.46. The Morgan fingerprint density at radius 1 is 1.22 bits per heavy atom. The molecule has 0 aromatic carbocycles. The van der Waals surface area contributed by atoms with E-state index in [2.05, 4.69) is 20.5 Å². The molecule has 2 aromatic heterocycles. The number of halogens is 3. The molecule has 0 atom stereocenters. The van der Waals surface area contributed by atoms with Crippen molar-refractivity contribution >= 4 is 10.9 Å². The Morgan fingerprint density at radius 3 is 2.65 bits per heavy atom. The van der Waals surface area contributed by atoms with E-state index in [0.29, 0.717) is 16.8 Å². The summed E-state index contributed by atoms with van der Waals surface area (Å²) in [4.78, 5) is 4.24. The van der Waals surface area contributed by atoms with Crippen LogP contribution in [0.2, 0.25) is 0 Å². The maximum atomic E-state index is 12.8. The second-order valence-corrected chi connectivity index (χ2v) is 7.02. The second-order valence-electron chi connectivity index (χ2n) is 7.02. The zero-order chi connectivity index (χ0) is 16.1. The maximum Gasteiger partial charge on any atom is 0.433 e. The molecule has 23 heavy (non-hydrogen) atoms. The van der Waals surface area contributed by atoms with E-state index in [4.69, 9.17) is 0 Å². The van der Waals surface area contributed by atoms with Crippen LogP contribution in [0, 0.1) is 11.3 Å². The van der Waals surface area contributed by atoms with Crippen LogP contribution in [0.1, 0.15) is 37.1 Å². The lowest BCUT2D eigenvalue weighted by Gasteiger charge is -2.50. The molecule has 2 fully saturated rings. The van der Waals surface area contributed by atoms with Crippen LogP contribution in [-0.4, -0.2) is 28.3 Å². The molecule has 0 unspecified atom stereocenters. The van der Waals surface area contributed by atoms with Gasteiger partial charge in [0, 0.05) is 11.9 Å². The number of aromatic amines is 1. The highest BCUT2D eigenvalue weighted by molar-refractivity contribution is 5.81. The van der Waals surface area contributed by atoms with Crippen molar-refractivity contribution in [1.29, 1.82) is 0 Å². The summed E-state index contributed by atoms with van der Waals surface area (Å²) in [6, 6.07) is 1.69. The van der Waals surface area contributed by atoms with Gasteiger partial charge in [0.2, 0.25) is 0 Å². The summed E-state index contributed by atoms with van der Waals surface area (Å²) in [5, 5.41) is 9.31. The number of nitrogens with zero attached hydrogens (tertiary/aromatic N) is 2. The van der Waals surface area contributed by atoms with Gasteiger partial charge in [-0.05, 0) is 62.6 Å². The molecule has 2 aliphatic rings. The molecule has 0 radical (unpaired) electrons. The number of nitrogens with one attached hydrogen (secondary N) is 2. The van der Waals surface area contributed by atoms with Crippen LogP contribution in [0.3, 0.4) is 0 Å². The molecule has 1 saturated heterocycles. The number of pyridine rings is 1.